The van der Waals surface area contributed by atoms with E-state index in [2.05, 4.69) is 10.1 Å². The van der Waals surface area contributed by atoms with Gasteiger partial charge in [0, 0.05) is 5.69 Å². The second-order valence-corrected chi connectivity index (χ2v) is 8.54. The van der Waals surface area contributed by atoms with Gasteiger partial charge in [-0.3, -0.25) is 9.10 Å². The van der Waals surface area contributed by atoms with E-state index in [1.165, 1.54) is 13.2 Å². The van der Waals surface area contributed by atoms with Gasteiger partial charge in [0.05, 0.1) is 24.6 Å². The fourth-order valence-corrected chi connectivity index (χ4v) is 3.60. The molecule has 7 nitrogen and oxygen atoms in total. The zero-order chi connectivity index (χ0) is 21.1. The number of ether oxygens (including phenoxy) is 1. The monoisotopic (exact) mass is 404 g/mol. The Morgan fingerprint density at radius 3 is 2.29 bits per heavy atom. The Morgan fingerprint density at radius 2 is 1.68 bits per heavy atom. The molecular weight excluding hydrogens is 380 g/mol. The third kappa shape index (κ3) is 5.10. The summed E-state index contributed by atoms with van der Waals surface area (Å²) in [5, 5.41) is 2.68. The highest BCUT2D eigenvalue weighted by Crippen LogP contribution is 2.24. The molecule has 2 aromatic rings. The molecule has 150 valence electrons. The maximum atomic E-state index is 12.6. The Bertz CT molecular complexity index is 1020. The highest BCUT2D eigenvalue weighted by atomic mass is 32.2. The quantitative estimate of drug-likeness (QED) is 0.748. The maximum absolute atomic E-state index is 12.6. The fourth-order valence-electron chi connectivity index (χ4n) is 2.69. The smallest absolute Gasteiger partial charge is 0.337 e. The van der Waals surface area contributed by atoms with E-state index >= 15 is 0 Å². The van der Waals surface area contributed by atoms with E-state index in [0.29, 0.717) is 11.4 Å². The number of aryl methyl sites for hydroxylation is 3. The van der Waals surface area contributed by atoms with E-state index in [0.717, 1.165) is 27.3 Å². The first kappa shape index (κ1) is 21.4. The number of nitrogens with one attached hydrogen (secondary N) is 1. The molecule has 8 heteroatoms. The van der Waals surface area contributed by atoms with Gasteiger partial charge in [0.15, 0.2) is 0 Å². The van der Waals surface area contributed by atoms with Crippen LogP contribution in [0, 0.1) is 20.8 Å². The average molecular weight is 404 g/mol. The molecule has 0 aliphatic carbocycles. The molecule has 0 fully saturated rings. The second kappa shape index (κ2) is 8.43. The van der Waals surface area contributed by atoms with Crippen molar-refractivity contribution in [3.05, 3.63) is 58.7 Å². The first-order chi connectivity index (χ1) is 13.0. The van der Waals surface area contributed by atoms with Gasteiger partial charge in [0.2, 0.25) is 15.9 Å². The van der Waals surface area contributed by atoms with Crippen molar-refractivity contribution in [1.29, 1.82) is 0 Å². The molecule has 0 saturated carbocycles. The van der Waals surface area contributed by atoms with E-state index in [1.54, 1.807) is 32.0 Å². The summed E-state index contributed by atoms with van der Waals surface area (Å²) >= 11 is 0. The van der Waals surface area contributed by atoms with Crippen molar-refractivity contribution in [2.24, 2.45) is 0 Å². The summed E-state index contributed by atoms with van der Waals surface area (Å²) in [5.74, 6) is -1.04. The van der Waals surface area contributed by atoms with Crippen LogP contribution in [0.3, 0.4) is 0 Å². The van der Waals surface area contributed by atoms with Crippen LogP contribution < -0.4 is 9.62 Å². The molecule has 0 aliphatic rings. The number of amides is 1. The van der Waals surface area contributed by atoms with E-state index < -0.39 is 21.9 Å². The summed E-state index contributed by atoms with van der Waals surface area (Å²) in [7, 11) is -2.41. The lowest BCUT2D eigenvalue weighted by Crippen LogP contribution is -2.38. The minimum atomic E-state index is -3.68. The van der Waals surface area contributed by atoms with Crippen LogP contribution in [-0.2, 0) is 19.6 Å². The van der Waals surface area contributed by atoms with Crippen LogP contribution in [0.1, 0.15) is 27.0 Å². The number of rotatable bonds is 6. The Labute approximate surface area is 165 Å². The van der Waals surface area contributed by atoms with Crippen LogP contribution in [0.5, 0.6) is 0 Å². The number of anilines is 2. The molecule has 0 bridgehead atoms. The minimum absolute atomic E-state index is 0.290. The highest BCUT2D eigenvalue weighted by molar-refractivity contribution is 7.92. The van der Waals surface area contributed by atoms with Gasteiger partial charge in [0.25, 0.3) is 0 Å². The molecule has 0 unspecified atom stereocenters. The van der Waals surface area contributed by atoms with Gasteiger partial charge in [-0.1, -0.05) is 18.2 Å². The number of nitrogens with zero attached hydrogens (tertiary/aromatic N) is 1. The third-order valence-electron chi connectivity index (χ3n) is 4.25. The third-order valence-corrected chi connectivity index (χ3v) is 5.38. The van der Waals surface area contributed by atoms with E-state index in [9.17, 15) is 18.0 Å². The zero-order valence-corrected chi connectivity index (χ0v) is 17.4. The van der Waals surface area contributed by atoms with Crippen molar-refractivity contribution in [3.63, 3.8) is 0 Å². The van der Waals surface area contributed by atoms with E-state index in [-0.39, 0.29) is 12.1 Å². The molecule has 0 radical (unpaired) electrons. The van der Waals surface area contributed by atoms with E-state index in [4.69, 9.17) is 0 Å². The summed E-state index contributed by atoms with van der Waals surface area (Å²) in [6.45, 7) is 5.03. The molecule has 0 heterocycles. The molecule has 1 N–H and O–H groups in total. The Kier molecular flexibility index (Phi) is 6.45. The largest absolute Gasteiger partial charge is 0.465 e. The van der Waals surface area contributed by atoms with Gasteiger partial charge in [0.1, 0.15) is 6.54 Å². The number of hydrogen-bond acceptors (Lipinski definition) is 5. The molecule has 28 heavy (non-hydrogen) atoms. The van der Waals surface area contributed by atoms with Crippen LogP contribution in [0.15, 0.2) is 36.4 Å². The second-order valence-electron chi connectivity index (χ2n) is 6.63. The molecule has 0 spiro atoms. The normalized spacial score (nSPS) is 11.0. The molecule has 2 aromatic carbocycles. The average Bonchev–Trinajstić information content (AvgIpc) is 2.62. The Hall–Kier alpha value is -2.87. The topological polar surface area (TPSA) is 92.8 Å². The van der Waals surface area contributed by atoms with Crippen molar-refractivity contribution in [2.45, 2.75) is 20.8 Å². The lowest BCUT2D eigenvalue weighted by molar-refractivity contribution is -0.114. The van der Waals surface area contributed by atoms with Crippen molar-refractivity contribution in [2.75, 3.05) is 29.5 Å². The lowest BCUT2D eigenvalue weighted by Gasteiger charge is -2.24. The molecular formula is C20H24N2O5S. The standard InChI is InChI=1S/C20H24N2O5S/c1-13-6-7-15(3)18(10-13)22(28(5,25)26)12-19(23)21-17-11-16(20(24)27-4)9-8-14(17)2/h6-11H,12H2,1-5H3,(H,21,23). The molecule has 0 atom stereocenters. The van der Waals surface area contributed by atoms with Crippen LogP contribution in [0.4, 0.5) is 11.4 Å². The number of methoxy groups -OCH3 is 1. The van der Waals surface area contributed by atoms with Crippen LogP contribution >= 0.6 is 0 Å². The summed E-state index contributed by atoms with van der Waals surface area (Å²) in [4.78, 5) is 24.3. The molecule has 1 amide bonds. The van der Waals surface area contributed by atoms with Gasteiger partial charge in [-0.05, 0) is 55.7 Å². The van der Waals surface area contributed by atoms with Gasteiger partial charge < -0.3 is 10.1 Å². The van der Waals surface area contributed by atoms with Crippen LogP contribution in [0.2, 0.25) is 0 Å². The predicted molar refractivity (Wildman–Crippen MR) is 109 cm³/mol. The summed E-state index contributed by atoms with van der Waals surface area (Å²) in [6.07, 6.45) is 1.06. The Morgan fingerprint density at radius 1 is 1.04 bits per heavy atom. The lowest BCUT2D eigenvalue weighted by atomic mass is 10.1. The number of benzene rings is 2. The van der Waals surface area contributed by atoms with Gasteiger partial charge >= 0.3 is 5.97 Å². The number of esters is 1. The van der Waals surface area contributed by atoms with Crippen molar-refractivity contribution < 1.29 is 22.7 Å². The SMILES string of the molecule is COC(=O)c1ccc(C)c(NC(=O)CN(c2cc(C)ccc2C)S(C)(=O)=O)c1. The highest BCUT2D eigenvalue weighted by Gasteiger charge is 2.23. The number of carbonyl (C=O) groups excluding carboxylic acids is 2. The molecule has 0 aliphatic heterocycles. The van der Waals surface area contributed by atoms with Crippen molar-refractivity contribution >= 4 is 33.3 Å². The van der Waals surface area contributed by atoms with Crippen molar-refractivity contribution in [3.8, 4) is 0 Å². The zero-order valence-electron chi connectivity index (χ0n) is 16.6. The van der Waals surface area contributed by atoms with Crippen LogP contribution in [0.25, 0.3) is 0 Å². The predicted octanol–water partition coefficient (Wildman–Crippen LogP) is 2.80. The van der Waals surface area contributed by atoms with Crippen LogP contribution in [-0.4, -0.2) is 40.2 Å². The molecule has 0 saturated heterocycles. The summed E-state index contributed by atoms with van der Waals surface area (Å²) in [5.41, 5.74) is 3.53. The number of sulfonamides is 1. The summed E-state index contributed by atoms with van der Waals surface area (Å²) < 4.78 is 30.4. The number of hydrogen-bond donors (Lipinski definition) is 1. The summed E-state index contributed by atoms with van der Waals surface area (Å²) in [6, 6.07) is 10.2. The fraction of sp³-hybridized carbons (Fsp3) is 0.300. The Balaban J connectivity index is 2.31. The van der Waals surface area contributed by atoms with Crippen molar-refractivity contribution in [1.82, 2.24) is 0 Å². The maximum Gasteiger partial charge on any atom is 0.337 e. The van der Waals surface area contributed by atoms with Gasteiger partial charge in [-0.2, -0.15) is 0 Å². The number of carbonyl (C=O) groups is 2. The molecule has 0 aromatic heterocycles. The minimum Gasteiger partial charge on any atom is -0.465 e. The molecule has 2 rings (SSSR count). The first-order valence-corrected chi connectivity index (χ1v) is 10.4. The van der Waals surface area contributed by atoms with E-state index in [1.807, 2.05) is 19.1 Å². The van der Waals surface area contributed by atoms with Gasteiger partial charge in [-0.25, -0.2) is 13.2 Å². The first-order valence-electron chi connectivity index (χ1n) is 8.56. The van der Waals surface area contributed by atoms with Gasteiger partial charge in [-0.15, -0.1) is 0 Å².